The maximum absolute atomic E-state index is 13.0. The summed E-state index contributed by atoms with van der Waals surface area (Å²) in [4.78, 5) is 27.8. The fourth-order valence-corrected chi connectivity index (χ4v) is 4.71. The summed E-state index contributed by atoms with van der Waals surface area (Å²) in [5, 5.41) is 23.0. The molecule has 0 unspecified atom stereocenters. The zero-order chi connectivity index (χ0) is 21.0. The number of halogens is 1. The van der Waals surface area contributed by atoms with Crippen LogP contribution in [0.2, 0.25) is 5.02 Å². The second kappa shape index (κ2) is 6.90. The Kier molecular flexibility index (Phi) is 4.31. The smallest absolute Gasteiger partial charge is 0.198 e. The van der Waals surface area contributed by atoms with E-state index in [9.17, 15) is 19.8 Å². The van der Waals surface area contributed by atoms with Crippen LogP contribution in [0.3, 0.4) is 0 Å². The summed E-state index contributed by atoms with van der Waals surface area (Å²) >= 11 is 7.38. The second-order valence-electron chi connectivity index (χ2n) is 6.91. The maximum Gasteiger partial charge on any atom is 0.198 e. The number of hydrogen-bond acceptors (Lipinski definition) is 5. The Bertz CT molecular complexity index is 1380. The number of hydrogen-bond donors (Lipinski definition) is 2. The molecule has 4 aromatic carbocycles. The van der Waals surface area contributed by atoms with E-state index >= 15 is 0 Å². The van der Waals surface area contributed by atoms with Crippen LogP contribution in [0.1, 0.15) is 31.8 Å². The lowest BCUT2D eigenvalue weighted by atomic mass is 9.81. The SMILES string of the molecule is O=C1c2ccccc2C(=O)c2c1c(O)c1ccc(Sc3ccc(Cl)cc3)cc1c2O. The quantitative estimate of drug-likeness (QED) is 0.343. The van der Waals surface area contributed by atoms with Gasteiger partial charge in [-0.25, -0.2) is 0 Å². The molecule has 0 atom stereocenters. The third-order valence-electron chi connectivity index (χ3n) is 5.14. The van der Waals surface area contributed by atoms with Gasteiger partial charge < -0.3 is 10.2 Å². The van der Waals surface area contributed by atoms with Crippen LogP contribution in [0.15, 0.2) is 76.5 Å². The van der Waals surface area contributed by atoms with Gasteiger partial charge in [0.25, 0.3) is 0 Å². The molecule has 0 spiro atoms. The molecule has 146 valence electrons. The molecule has 0 radical (unpaired) electrons. The summed E-state index contributed by atoms with van der Waals surface area (Å²) < 4.78 is 0. The van der Waals surface area contributed by atoms with Crippen molar-refractivity contribution in [3.8, 4) is 11.5 Å². The van der Waals surface area contributed by atoms with Crippen molar-refractivity contribution in [2.45, 2.75) is 9.79 Å². The molecule has 6 heteroatoms. The molecule has 0 amide bonds. The molecule has 0 saturated heterocycles. The molecule has 2 N–H and O–H groups in total. The fraction of sp³-hybridized carbons (Fsp3) is 0. The van der Waals surface area contributed by atoms with Crippen molar-refractivity contribution in [3.05, 3.63) is 94.0 Å². The molecular weight excluding hydrogens is 420 g/mol. The first-order valence-corrected chi connectivity index (χ1v) is 10.3. The van der Waals surface area contributed by atoms with Crippen molar-refractivity contribution in [2.24, 2.45) is 0 Å². The van der Waals surface area contributed by atoms with E-state index in [0.717, 1.165) is 9.79 Å². The summed E-state index contributed by atoms with van der Waals surface area (Å²) in [6.07, 6.45) is 0. The van der Waals surface area contributed by atoms with Gasteiger partial charge >= 0.3 is 0 Å². The number of rotatable bonds is 2. The number of fused-ring (bicyclic) bond motifs is 3. The molecule has 0 fully saturated rings. The summed E-state index contributed by atoms with van der Waals surface area (Å²) in [7, 11) is 0. The minimum absolute atomic E-state index is 0.151. The van der Waals surface area contributed by atoms with E-state index in [4.69, 9.17) is 11.6 Å². The highest BCUT2D eigenvalue weighted by Crippen LogP contribution is 2.45. The topological polar surface area (TPSA) is 74.6 Å². The van der Waals surface area contributed by atoms with Crippen LogP contribution >= 0.6 is 23.4 Å². The highest BCUT2D eigenvalue weighted by molar-refractivity contribution is 7.99. The average Bonchev–Trinajstić information content (AvgIpc) is 2.76. The molecule has 0 saturated carbocycles. The largest absolute Gasteiger partial charge is 0.506 e. The molecular formula is C24H13ClO4S. The molecule has 0 aliphatic heterocycles. The van der Waals surface area contributed by atoms with Gasteiger partial charge in [-0.2, -0.15) is 0 Å². The third kappa shape index (κ3) is 2.78. The number of benzene rings is 4. The van der Waals surface area contributed by atoms with E-state index in [-0.39, 0.29) is 33.8 Å². The predicted octanol–water partition coefficient (Wildman–Crippen LogP) is 5.83. The molecule has 0 bridgehead atoms. The van der Waals surface area contributed by atoms with Crippen molar-refractivity contribution in [3.63, 3.8) is 0 Å². The number of aromatic hydroxyl groups is 2. The van der Waals surface area contributed by atoms with E-state index in [1.165, 1.54) is 11.8 Å². The summed E-state index contributed by atoms with van der Waals surface area (Å²) in [6.45, 7) is 0. The molecule has 0 heterocycles. The fourth-order valence-electron chi connectivity index (χ4n) is 3.72. The van der Waals surface area contributed by atoms with Gasteiger partial charge in [-0.15, -0.1) is 0 Å². The van der Waals surface area contributed by atoms with Gasteiger partial charge in [0, 0.05) is 36.7 Å². The van der Waals surface area contributed by atoms with Gasteiger partial charge in [-0.05, 0) is 42.5 Å². The Balaban J connectivity index is 1.70. The van der Waals surface area contributed by atoms with Crippen LogP contribution in [0, 0.1) is 0 Å². The minimum Gasteiger partial charge on any atom is -0.506 e. The number of ketones is 2. The minimum atomic E-state index is -0.481. The number of phenolic OH excluding ortho intramolecular Hbond substituents is 2. The average molecular weight is 433 g/mol. The van der Waals surface area contributed by atoms with E-state index in [0.29, 0.717) is 15.8 Å². The van der Waals surface area contributed by atoms with Crippen LogP contribution in [0.25, 0.3) is 10.8 Å². The predicted molar refractivity (Wildman–Crippen MR) is 116 cm³/mol. The molecule has 30 heavy (non-hydrogen) atoms. The zero-order valence-electron chi connectivity index (χ0n) is 15.3. The monoisotopic (exact) mass is 432 g/mol. The normalized spacial score (nSPS) is 12.7. The first-order valence-electron chi connectivity index (χ1n) is 9.09. The van der Waals surface area contributed by atoms with Crippen LogP contribution in [0.5, 0.6) is 11.5 Å². The highest BCUT2D eigenvalue weighted by Gasteiger charge is 2.35. The van der Waals surface area contributed by atoms with Crippen LogP contribution in [0.4, 0.5) is 0 Å². The number of carbonyl (C=O) groups is 2. The second-order valence-corrected chi connectivity index (χ2v) is 8.50. The Hall–Kier alpha value is -3.28. The maximum atomic E-state index is 13.0. The Labute approximate surface area is 180 Å². The van der Waals surface area contributed by atoms with Crippen molar-refractivity contribution in [2.75, 3.05) is 0 Å². The summed E-state index contributed by atoms with van der Waals surface area (Å²) in [6, 6.07) is 18.9. The number of carbonyl (C=O) groups excluding carboxylic acids is 2. The lowest BCUT2D eigenvalue weighted by molar-refractivity contribution is 0.0974. The molecule has 4 nitrogen and oxygen atoms in total. The third-order valence-corrected chi connectivity index (χ3v) is 6.39. The zero-order valence-corrected chi connectivity index (χ0v) is 16.9. The van der Waals surface area contributed by atoms with Gasteiger partial charge in [-0.1, -0.05) is 47.6 Å². The first kappa shape index (κ1) is 18.7. The van der Waals surface area contributed by atoms with Crippen molar-refractivity contribution < 1.29 is 19.8 Å². The lowest BCUT2D eigenvalue weighted by Gasteiger charge is -2.21. The van der Waals surface area contributed by atoms with E-state index in [2.05, 4.69) is 0 Å². The summed E-state index contributed by atoms with van der Waals surface area (Å²) in [5.74, 6) is -1.56. The van der Waals surface area contributed by atoms with E-state index in [1.54, 1.807) is 54.6 Å². The van der Waals surface area contributed by atoms with Crippen molar-refractivity contribution in [1.29, 1.82) is 0 Å². The lowest BCUT2D eigenvalue weighted by Crippen LogP contribution is -2.21. The van der Waals surface area contributed by atoms with Gasteiger partial charge in [0.1, 0.15) is 11.5 Å². The van der Waals surface area contributed by atoms with Crippen molar-refractivity contribution in [1.82, 2.24) is 0 Å². The Morgan fingerprint density at radius 3 is 1.80 bits per heavy atom. The standard InChI is InChI=1S/C24H13ClO4S/c25-12-5-7-13(8-6-12)30-14-9-10-17-18(11-14)24(29)20-19(23(17)28)21(26)15-3-1-2-4-16(15)22(20)27/h1-11,28-29H. The van der Waals surface area contributed by atoms with Gasteiger partial charge in [0.15, 0.2) is 11.6 Å². The molecule has 1 aliphatic rings. The van der Waals surface area contributed by atoms with Gasteiger partial charge in [0.05, 0.1) is 11.1 Å². The number of phenols is 2. The molecule has 0 aromatic heterocycles. The molecule has 5 rings (SSSR count). The van der Waals surface area contributed by atoms with Crippen molar-refractivity contribution >= 4 is 45.7 Å². The summed E-state index contributed by atoms with van der Waals surface area (Å²) in [5.41, 5.74) is 0.133. The Morgan fingerprint density at radius 2 is 1.20 bits per heavy atom. The van der Waals surface area contributed by atoms with Gasteiger partial charge in [-0.3, -0.25) is 9.59 Å². The highest BCUT2D eigenvalue weighted by atomic mass is 35.5. The van der Waals surface area contributed by atoms with E-state index in [1.807, 2.05) is 12.1 Å². The molecule has 4 aromatic rings. The van der Waals surface area contributed by atoms with Crippen LogP contribution < -0.4 is 0 Å². The van der Waals surface area contributed by atoms with Gasteiger partial charge in [0.2, 0.25) is 0 Å². The van der Waals surface area contributed by atoms with Crippen LogP contribution in [-0.4, -0.2) is 21.8 Å². The van der Waals surface area contributed by atoms with E-state index < -0.39 is 11.6 Å². The first-order chi connectivity index (χ1) is 14.5. The van der Waals surface area contributed by atoms with Crippen LogP contribution in [-0.2, 0) is 0 Å². The molecule has 1 aliphatic carbocycles. The Morgan fingerprint density at radius 1 is 0.667 bits per heavy atom.